The highest BCUT2D eigenvalue weighted by Crippen LogP contribution is 2.22. The van der Waals surface area contributed by atoms with Gasteiger partial charge in [-0.05, 0) is 43.5 Å². The van der Waals surface area contributed by atoms with Crippen molar-refractivity contribution in [1.82, 2.24) is 0 Å². The van der Waals surface area contributed by atoms with E-state index in [-0.39, 0.29) is 5.91 Å². The minimum atomic E-state index is 0.0263. The number of carbonyl (C=O) groups is 1. The van der Waals surface area contributed by atoms with E-state index in [1.165, 1.54) is 0 Å². The lowest BCUT2D eigenvalue weighted by atomic mass is 10.0. The number of rotatable bonds is 3. The molecule has 0 fully saturated rings. The van der Waals surface area contributed by atoms with Gasteiger partial charge in [-0.3, -0.25) is 4.79 Å². The molecule has 0 saturated heterocycles. The molecule has 0 aliphatic heterocycles. The smallest absolute Gasteiger partial charge is 0.224 e. The molecule has 1 aromatic rings. The molecule has 16 heavy (non-hydrogen) atoms. The normalized spacial score (nSPS) is 9.62. The summed E-state index contributed by atoms with van der Waals surface area (Å²) in [6.07, 6.45) is 1.36. The molecule has 1 N–H and O–H groups in total. The van der Waals surface area contributed by atoms with Crippen molar-refractivity contribution in [2.45, 2.75) is 33.6 Å². The number of benzene rings is 1. The van der Waals surface area contributed by atoms with Crippen LogP contribution in [0.5, 0.6) is 0 Å². The fourth-order valence-corrected chi connectivity index (χ4v) is 1.65. The standard InChI is InChI=1S/C13H16N2O/c1-4-5-12(16)15-13-9(2)6-11(8-14)7-10(13)3/h6-7H,4-5H2,1-3H3,(H,15,16). The Balaban J connectivity index is 2.98. The van der Waals surface area contributed by atoms with Crippen molar-refractivity contribution < 1.29 is 4.79 Å². The molecule has 1 amide bonds. The van der Waals surface area contributed by atoms with Gasteiger partial charge in [0.25, 0.3) is 0 Å². The predicted molar refractivity (Wildman–Crippen MR) is 64.2 cm³/mol. The first-order chi connectivity index (χ1) is 7.58. The average Bonchev–Trinajstić information content (AvgIpc) is 2.23. The maximum atomic E-state index is 11.5. The van der Waals surface area contributed by atoms with E-state index in [9.17, 15) is 4.79 Å². The van der Waals surface area contributed by atoms with Crippen molar-refractivity contribution in [2.24, 2.45) is 0 Å². The van der Waals surface area contributed by atoms with Crippen LogP contribution < -0.4 is 5.32 Å². The summed E-state index contributed by atoms with van der Waals surface area (Å²) in [5.41, 5.74) is 3.32. The molecule has 0 unspecified atom stereocenters. The van der Waals surface area contributed by atoms with E-state index in [1.54, 1.807) is 12.1 Å². The maximum Gasteiger partial charge on any atom is 0.224 e. The highest BCUT2D eigenvalue weighted by atomic mass is 16.1. The molecular weight excluding hydrogens is 200 g/mol. The van der Waals surface area contributed by atoms with E-state index in [2.05, 4.69) is 11.4 Å². The van der Waals surface area contributed by atoms with Gasteiger partial charge in [0.1, 0.15) is 0 Å². The van der Waals surface area contributed by atoms with Gasteiger partial charge in [0, 0.05) is 12.1 Å². The van der Waals surface area contributed by atoms with Crippen LogP contribution in [0.4, 0.5) is 5.69 Å². The van der Waals surface area contributed by atoms with Crippen LogP contribution in [0.3, 0.4) is 0 Å². The first-order valence-corrected chi connectivity index (χ1v) is 5.39. The van der Waals surface area contributed by atoms with Crippen molar-refractivity contribution >= 4 is 11.6 Å². The third kappa shape index (κ3) is 2.83. The zero-order valence-corrected chi connectivity index (χ0v) is 9.92. The quantitative estimate of drug-likeness (QED) is 0.844. The fourth-order valence-electron chi connectivity index (χ4n) is 1.65. The Labute approximate surface area is 96.1 Å². The van der Waals surface area contributed by atoms with Crippen LogP contribution in [0, 0.1) is 25.2 Å². The Bertz CT molecular complexity index is 421. The van der Waals surface area contributed by atoms with Crippen molar-refractivity contribution in [2.75, 3.05) is 5.32 Å². The number of nitrogens with one attached hydrogen (secondary N) is 1. The van der Waals surface area contributed by atoms with Crippen LogP contribution in [0.15, 0.2) is 12.1 Å². The van der Waals surface area contributed by atoms with Gasteiger partial charge in [-0.1, -0.05) is 6.92 Å². The number of anilines is 1. The molecule has 0 radical (unpaired) electrons. The van der Waals surface area contributed by atoms with Gasteiger partial charge >= 0.3 is 0 Å². The lowest BCUT2D eigenvalue weighted by Gasteiger charge is -2.11. The van der Waals surface area contributed by atoms with Gasteiger partial charge in [0.2, 0.25) is 5.91 Å². The lowest BCUT2D eigenvalue weighted by Crippen LogP contribution is -2.12. The SMILES string of the molecule is CCCC(=O)Nc1c(C)cc(C#N)cc1C. The van der Waals surface area contributed by atoms with Gasteiger partial charge in [-0.2, -0.15) is 5.26 Å². The molecule has 3 nitrogen and oxygen atoms in total. The zero-order chi connectivity index (χ0) is 12.1. The van der Waals surface area contributed by atoms with Crippen molar-refractivity contribution in [3.8, 4) is 6.07 Å². The molecule has 84 valence electrons. The van der Waals surface area contributed by atoms with Gasteiger partial charge in [0.05, 0.1) is 11.6 Å². The van der Waals surface area contributed by atoms with Crippen molar-refractivity contribution in [3.63, 3.8) is 0 Å². The number of amides is 1. The van der Waals surface area contributed by atoms with Gasteiger partial charge in [0.15, 0.2) is 0 Å². The zero-order valence-electron chi connectivity index (χ0n) is 9.92. The Morgan fingerprint density at radius 1 is 1.38 bits per heavy atom. The minimum Gasteiger partial charge on any atom is -0.326 e. The van der Waals surface area contributed by atoms with Crippen LogP contribution in [-0.2, 0) is 4.79 Å². The van der Waals surface area contributed by atoms with Crippen LogP contribution in [0.2, 0.25) is 0 Å². The second-order valence-corrected chi connectivity index (χ2v) is 3.90. The lowest BCUT2D eigenvalue weighted by molar-refractivity contribution is -0.116. The highest BCUT2D eigenvalue weighted by molar-refractivity contribution is 5.92. The molecule has 1 aromatic carbocycles. The number of nitriles is 1. The van der Waals surface area contributed by atoms with E-state index in [0.717, 1.165) is 23.2 Å². The van der Waals surface area contributed by atoms with Crippen LogP contribution in [-0.4, -0.2) is 5.91 Å². The molecule has 0 atom stereocenters. The second-order valence-electron chi connectivity index (χ2n) is 3.90. The van der Waals surface area contributed by atoms with Gasteiger partial charge < -0.3 is 5.32 Å². The van der Waals surface area contributed by atoms with Crippen molar-refractivity contribution in [3.05, 3.63) is 28.8 Å². The molecule has 0 bridgehead atoms. The van der Waals surface area contributed by atoms with Gasteiger partial charge in [-0.25, -0.2) is 0 Å². The minimum absolute atomic E-state index is 0.0263. The maximum absolute atomic E-state index is 11.5. The molecule has 3 heteroatoms. The van der Waals surface area contributed by atoms with E-state index >= 15 is 0 Å². The summed E-state index contributed by atoms with van der Waals surface area (Å²) < 4.78 is 0. The molecule has 0 heterocycles. The van der Waals surface area contributed by atoms with E-state index < -0.39 is 0 Å². The van der Waals surface area contributed by atoms with Crippen LogP contribution in [0.25, 0.3) is 0 Å². The number of hydrogen-bond acceptors (Lipinski definition) is 2. The topological polar surface area (TPSA) is 52.9 Å². The second kappa shape index (κ2) is 5.32. The molecule has 1 rings (SSSR count). The van der Waals surface area contributed by atoms with E-state index in [1.807, 2.05) is 20.8 Å². The highest BCUT2D eigenvalue weighted by Gasteiger charge is 2.08. The Morgan fingerprint density at radius 3 is 2.38 bits per heavy atom. The van der Waals surface area contributed by atoms with Gasteiger partial charge in [-0.15, -0.1) is 0 Å². The molecular formula is C13H16N2O. The first-order valence-electron chi connectivity index (χ1n) is 5.39. The summed E-state index contributed by atoms with van der Waals surface area (Å²) in [5.74, 6) is 0.0263. The first kappa shape index (κ1) is 12.3. The van der Waals surface area contributed by atoms with E-state index in [4.69, 9.17) is 5.26 Å². The third-order valence-electron chi connectivity index (χ3n) is 2.40. The number of hydrogen-bond donors (Lipinski definition) is 1. The number of carbonyl (C=O) groups excluding carboxylic acids is 1. The summed E-state index contributed by atoms with van der Waals surface area (Å²) in [6.45, 7) is 5.77. The van der Waals surface area contributed by atoms with Crippen LogP contribution in [0.1, 0.15) is 36.5 Å². The average molecular weight is 216 g/mol. The Hall–Kier alpha value is -1.82. The Kier molecular flexibility index (Phi) is 4.07. The molecule has 0 aromatic heterocycles. The number of nitrogens with zero attached hydrogens (tertiary/aromatic N) is 1. The summed E-state index contributed by atoms with van der Waals surface area (Å²) in [4.78, 5) is 11.5. The molecule has 0 spiro atoms. The largest absolute Gasteiger partial charge is 0.326 e. The van der Waals surface area contributed by atoms with Crippen molar-refractivity contribution in [1.29, 1.82) is 5.26 Å². The summed E-state index contributed by atoms with van der Waals surface area (Å²) in [6, 6.07) is 5.67. The third-order valence-corrected chi connectivity index (χ3v) is 2.40. The van der Waals surface area contributed by atoms with Crippen LogP contribution >= 0.6 is 0 Å². The fraction of sp³-hybridized carbons (Fsp3) is 0.385. The summed E-state index contributed by atoms with van der Waals surface area (Å²) in [7, 11) is 0. The summed E-state index contributed by atoms with van der Waals surface area (Å²) >= 11 is 0. The Morgan fingerprint density at radius 2 is 1.94 bits per heavy atom. The monoisotopic (exact) mass is 216 g/mol. The molecule has 0 aliphatic carbocycles. The molecule has 0 saturated carbocycles. The predicted octanol–water partition coefficient (Wildman–Crippen LogP) is 2.91. The molecule has 0 aliphatic rings. The van der Waals surface area contributed by atoms with E-state index in [0.29, 0.717) is 12.0 Å². The number of aryl methyl sites for hydroxylation is 2. The summed E-state index contributed by atoms with van der Waals surface area (Å²) in [5, 5.41) is 11.7.